The van der Waals surface area contributed by atoms with Crippen molar-refractivity contribution >= 4 is 5.97 Å². The lowest BCUT2D eigenvalue weighted by Gasteiger charge is -2.35. The maximum absolute atomic E-state index is 10.7. The number of aromatic carboxylic acids is 1. The largest absolute Gasteiger partial charge is 0.475 e. The molecule has 1 N–H and O–H groups in total. The average Bonchev–Trinajstić information content (AvgIpc) is 2.78. The van der Waals surface area contributed by atoms with Gasteiger partial charge in [-0.3, -0.25) is 4.90 Å². The second-order valence-electron chi connectivity index (χ2n) is 4.52. The summed E-state index contributed by atoms with van der Waals surface area (Å²) in [6.45, 7) is 6.10. The number of carboxylic acids is 1. The number of carboxylic acid groups (broad SMARTS) is 1. The number of carbonyl (C=O) groups is 1. The molecular weight excluding hydrogens is 220 g/mol. The molecule has 17 heavy (non-hydrogen) atoms. The van der Waals surface area contributed by atoms with Crippen LogP contribution in [-0.4, -0.2) is 54.1 Å². The fourth-order valence-corrected chi connectivity index (χ4v) is 2.08. The lowest BCUT2D eigenvalue weighted by atomic mass is 10.2. The number of hydrogen-bond donors (Lipinski definition) is 1. The zero-order chi connectivity index (χ0) is 12.4. The molecule has 0 saturated carbocycles. The number of piperazine rings is 1. The monoisotopic (exact) mass is 238 g/mol. The van der Waals surface area contributed by atoms with Gasteiger partial charge in [0, 0.05) is 26.2 Å². The van der Waals surface area contributed by atoms with Gasteiger partial charge < -0.3 is 14.4 Å². The zero-order valence-electron chi connectivity index (χ0n) is 10.2. The summed E-state index contributed by atoms with van der Waals surface area (Å²) in [5.41, 5.74) is 0. The molecule has 2 heterocycles. The SMILES string of the molecule is CC(c1ccc(C(=O)O)o1)N1CCN(C)CC1. The summed E-state index contributed by atoms with van der Waals surface area (Å²) in [4.78, 5) is 15.3. The van der Waals surface area contributed by atoms with Gasteiger partial charge in [-0.05, 0) is 26.1 Å². The second kappa shape index (κ2) is 4.89. The van der Waals surface area contributed by atoms with E-state index in [1.54, 1.807) is 6.07 Å². The van der Waals surface area contributed by atoms with E-state index in [1.165, 1.54) is 6.07 Å². The molecule has 1 aliphatic heterocycles. The molecule has 1 atom stereocenters. The van der Waals surface area contributed by atoms with Gasteiger partial charge in [-0.1, -0.05) is 0 Å². The molecule has 0 amide bonds. The molecule has 1 saturated heterocycles. The van der Waals surface area contributed by atoms with E-state index in [0.29, 0.717) is 0 Å². The van der Waals surface area contributed by atoms with Gasteiger partial charge in [-0.2, -0.15) is 0 Å². The van der Waals surface area contributed by atoms with Crippen molar-refractivity contribution in [2.45, 2.75) is 13.0 Å². The van der Waals surface area contributed by atoms with E-state index in [0.717, 1.165) is 31.9 Å². The van der Waals surface area contributed by atoms with Crippen LogP contribution in [0.4, 0.5) is 0 Å². The Morgan fingerprint density at radius 3 is 2.53 bits per heavy atom. The van der Waals surface area contributed by atoms with Gasteiger partial charge in [0.1, 0.15) is 5.76 Å². The first-order valence-corrected chi connectivity index (χ1v) is 5.83. The van der Waals surface area contributed by atoms with Crippen LogP contribution in [0.3, 0.4) is 0 Å². The Balaban J connectivity index is 2.03. The van der Waals surface area contributed by atoms with Crippen LogP contribution in [0.1, 0.15) is 29.3 Å². The summed E-state index contributed by atoms with van der Waals surface area (Å²) in [6, 6.07) is 3.41. The van der Waals surface area contributed by atoms with E-state index in [9.17, 15) is 4.79 Å². The minimum Gasteiger partial charge on any atom is -0.475 e. The summed E-state index contributed by atoms with van der Waals surface area (Å²) in [7, 11) is 2.11. The Labute approximate surface area is 101 Å². The van der Waals surface area contributed by atoms with E-state index in [-0.39, 0.29) is 11.8 Å². The second-order valence-corrected chi connectivity index (χ2v) is 4.52. The summed E-state index contributed by atoms with van der Waals surface area (Å²) in [5, 5.41) is 8.81. The fraction of sp³-hybridized carbons (Fsp3) is 0.583. The first-order chi connectivity index (χ1) is 8.08. The zero-order valence-corrected chi connectivity index (χ0v) is 10.2. The van der Waals surface area contributed by atoms with Crippen LogP contribution >= 0.6 is 0 Å². The van der Waals surface area contributed by atoms with Gasteiger partial charge in [0.05, 0.1) is 6.04 Å². The van der Waals surface area contributed by atoms with Gasteiger partial charge in [-0.15, -0.1) is 0 Å². The quantitative estimate of drug-likeness (QED) is 0.859. The molecule has 5 heteroatoms. The van der Waals surface area contributed by atoms with Gasteiger partial charge in [-0.25, -0.2) is 4.79 Å². The maximum atomic E-state index is 10.7. The smallest absolute Gasteiger partial charge is 0.371 e. The van der Waals surface area contributed by atoms with Crippen LogP contribution < -0.4 is 0 Å². The normalized spacial score (nSPS) is 20.4. The van der Waals surface area contributed by atoms with Crippen LogP contribution in [0.5, 0.6) is 0 Å². The van der Waals surface area contributed by atoms with Crippen LogP contribution in [0.25, 0.3) is 0 Å². The van der Waals surface area contributed by atoms with E-state index in [4.69, 9.17) is 9.52 Å². The van der Waals surface area contributed by atoms with Crippen molar-refractivity contribution in [2.75, 3.05) is 33.2 Å². The third kappa shape index (κ3) is 2.68. The van der Waals surface area contributed by atoms with Crippen molar-refractivity contribution in [3.8, 4) is 0 Å². The van der Waals surface area contributed by atoms with Crippen molar-refractivity contribution in [2.24, 2.45) is 0 Å². The first-order valence-electron chi connectivity index (χ1n) is 5.83. The minimum absolute atomic E-state index is 0.0148. The highest BCUT2D eigenvalue weighted by molar-refractivity contribution is 5.84. The third-order valence-electron chi connectivity index (χ3n) is 3.33. The molecular formula is C12H18N2O3. The molecule has 2 rings (SSSR count). The highest BCUT2D eigenvalue weighted by atomic mass is 16.4. The molecule has 1 unspecified atom stereocenters. The number of furan rings is 1. The molecule has 1 aromatic rings. The topological polar surface area (TPSA) is 56.9 Å². The Hall–Kier alpha value is -1.33. The standard InChI is InChI=1S/C12H18N2O3/c1-9(14-7-5-13(2)6-8-14)10-3-4-11(17-10)12(15)16/h3-4,9H,5-8H2,1-2H3,(H,15,16). The average molecular weight is 238 g/mol. The molecule has 0 radical (unpaired) electrons. The highest BCUT2D eigenvalue weighted by Crippen LogP contribution is 2.23. The predicted molar refractivity (Wildman–Crippen MR) is 63.2 cm³/mol. The van der Waals surface area contributed by atoms with E-state index >= 15 is 0 Å². The van der Waals surface area contributed by atoms with Gasteiger partial charge in [0.15, 0.2) is 0 Å². The molecule has 5 nitrogen and oxygen atoms in total. The van der Waals surface area contributed by atoms with E-state index in [2.05, 4.69) is 23.8 Å². The van der Waals surface area contributed by atoms with Gasteiger partial charge in [0.25, 0.3) is 0 Å². The highest BCUT2D eigenvalue weighted by Gasteiger charge is 2.23. The van der Waals surface area contributed by atoms with Crippen LogP contribution in [0.2, 0.25) is 0 Å². The van der Waals surface area contributed by atoms with Crippen molar-refractivity contribution in [3.63, 3.8) is 0 Å². The molecule has 0 bridgehead atoms. The molecule has 1 aromatic heterocycles. The summed E-state index contributed by atoms with van der Waals surface area (Å²) in [5.74, 6) is -0.269. The van der Waals surface area contributed by atoms with Gasteiger partial charge in [0.2, 0.25) is 5.76 Å². The number of rotatable bonds is 3. The minimum atomic E-state index is -1.01. The van der Waals surface area contributed by atoms with E-state index in [1.807, 2.05) is 0 Å². The lowest BCUT2D eigenvalue weighted by molar-refractivity contribution is 0.0650. The van der Waals surface area contributed by atoms with Crippen LogP contribution in [-0.2, 0) is 0 Å². The van der Waals surface area contributed by atoms with Gasteiger partial charge >= 0.3 is 5.97 Å². The number of hydrogen-bond acceptors (Lipinski definition) is 4. The number of nitrogens with zero attached hydrogens (tertiary/aromatic N) is 2. The molecule has 1 aliphatic rings. The first kappa shape index (κ1) is 12.1. The van der Waals surface area contributed by atoms with Crippen molar-refractivity contribution in [1.82, 2.24) is 9.80 Å². The Kier molecular flexibility index (Phi) is 3.49. The lowest BCUT2D eigenvalue weighted by Crippen LogP contribution is -2.45. The molecule has 1 fully saturated rings. The number of likely N-dealkylation sites (N-methyl/N-ethyl adjacent to an activating group) is 1. The fourth-order valence-electron chi connectivity index (χ4n) is 2.08. The van der Waals surface area contributed by atoms with Crippen molar-refractivity contribution < 1.29 is 14.3 Å². The molecule has 0 aliphatic carbocycles. The predicted octanol–water partition coefficient (Wildman–Crippen LogP) is 1.29. The summed E-state index contributed by atoms with van der Waals surface area (Å²) in [6.07, 6.45) is 0. The Morgan fingerprint density at radius 1 is 1.35 bits per heavy atom. The molecule has 0 aromatic carbocycles. The maximum Gasteiger partial charge on any atom is 0.371 e. The summed E-state index contributed by atoms with van der Waals surface area (Å²) < 4.78 is 5.33. The van der Waals surface area contributed by atoms with Crippen molar-refractivity contribution in [1.29, 1.82) is 0 Å². The summed E-state index contributed by atoms with van der Waals surface area (Å²) >= 11 is 0. The van der Waals surface area contributed by atoms with E-state index < -0.39 is 5.97 Å². The third-order valence-corrected chi connectivity index (χ3v) is 3.33. The van der Waals surface area contributed by atoms with Crippen molar-refractivity contribution in [3.05, 3.63) is 23.7 Å². The molecule has 0 spiro atoms. The Bertz CT molecular complexity index is 394. The van der Waals surface area contributed by atoms with Crippen LogP contribution in [0, 0.1) is 0 Å². The van der Waals surface area contributed by atoms with Crippen LogP contribution in [0.15, 0.2) is 16.5 Å². The Morgan fingerprint density at radius 2 is 2.00 bits per heavy atom. The molecule has 94 valence electrons.